The maximum atomic E-state index is 13.6. The number of benzene rings is 1. The highest BCUT2D eigenvalue weighted by Crippen LogP contribution is 2.23. The molecule has 1 heterocycles. The van der Waals surface area contributed by atoms with Gasteiger partial charge in [0, 0.05) is 25.6 Å². The lowest BCUT2D eigenvalue weighted by atomic mass is 9.91. The molecule has 1 aliphatic rings. The second-order valence-electron chi connectivity index (χ2n) is 5.91. The predicted molar refractivity (Wildman–Crippen MR) is 83.5 cm³/mol. The molecule has 2 rings (SSSR count). The number of rotatable bonds is 5. The molecule has 24 heavy (non-hydrogen) atoms. The van der Waals surface area contributed by atoms with Crippen molar-refractivity contribution < 1.29 is 23.6 Å². The minimum Gasteiger partial charge on any atom is -0.325 e. The molecule has 0 spiro atoms. The number of likely N-dealkylation sites (tertiary alicyclic amines) is 1. The van der Waals surface area contributed by atoms with Crippen LogP contribution >= 0.6 is 0 Å². The molecule has 6 nitrogen and oxygen atoms in total. The molecule has 8 heteroatoms. The van der Waals surface area contributed by atoms with Gasteiger partial charge in [0.2, 0.25) is 5.91 Å². The molecule has 1 fully saturated rings. The average molecular weight is 341 g/mol. The minimum atomic E-state index is -0.805. The number of nitrogens with zero attached hydrogens (tertiary/aromatic N) is 1. The van der Waals surface area contributed by atoms with Crippen LogP contribution in [0, 0.1) is 17.6 Å². The van der Waals surface area contributed by atoms with Gasteiger partial charge in [-0.2, -0.15) is 0 Å². The second-order valence-corrected chi connectivity index (χ2v) is 5.91. The van der Waals surface area contributed by atoms with Gasteiger partial charge in [-0.15, -0.1) is 0 Å². The lowest BCUT2D eigenvalue weighted by Crippen LogP contribution is -2.41. The van der Waals surface area contributed by atoms with Crippen LogP contribution in [0.3, 0.4) is 0 Å². The number of carbonyl (C=O) groups is 2. The Labute approximate surface area is 138 Å². The quantitative estimate of drug-likeness (QED) is 0.569. The molecular weight excluding hydrogens is 320 g/mol. The molecule has 1 aliphatic heterocycles. The highest BCUT2D eigenvalue weighted by atomic mass is 19.1. The maximum Gasteiger partial charge on any atom is 0.321 e. The van der Waals surface area contributed by atoms with E-state index in [1.54, 1.807) is 10.4 Å². The van der Waals surface area contributed by atoms with Gasteiger partial charge in [-0.1, -0.05) is 0 Å². The normalized spacial score (nSPS) is 15.2. The third kappa shape index (κ3) is 5.16. The summed E-state index contributed by atoms with van der Waals surface area (Å²) >= 11 is 0. The third-order valence-corrected chi connectivity index (χ3v) is 4.22. The van der Waals surface area contributed by atoms with Crippen molar-refractivity contribution in [2.24, 2.45) is 5.92 Å². The number of piperidine rings is 1. The van der Waals surface area contributed by atoms with E-state index in [9.17, 15) is 18.4 Å². The molecule has 3 amide bonds. The van der Waals surface area contributed by atoms with Gasteiger partial charge in [0.1, 0.15) is 11.6 Å². The van der Waals surface area contributed by atoms with E-state index >= 15 is 0 Å². The molecule has 1 saturated heterocycles. The number of hydrogen-bond donors (Lipinski definition) is 3. The lowest BCUT2D eigenvalue weighted by molar-refractivity contribution is -0.129. The molecule has 0 saturated carbocycles. The molecule has 0 radical (unpaired) electrons. The van der Waals surface area contributed by atoms with E-state index in [0.717, 1.165) is 31.4 Å². The smallest absolute Gasteiger partial charge is 0.321 e. The van der Waals surface area contributed by atoms with Gasteiger partial charge in [-0.3, -0.25) is 10.0 Å². The standard InChI is InChI=1S/C16H21F2N3O3/c17-12-4-5-14(13(18)10-12)19-16(23)21-8-6-11(7-9-21)2-1-3-15(22)20-24/h4-5,10-11,24H,1-3,6-9H2,(H,19,23)(H,20,22). The Morgan fingerprint density at radius 2 is 1.96 bits per heavy atom. The van der Waals surface area contributed by atoms with Gasteiger partial charge in [0.05, 0.1) is 5.69 Å². The number of hydrogen-bond acceptors (Lipinski definition) is 3. The van der Waals surface area contributed by atoms with Crippen LogP contribution in [0.2, 0.25) is 0 Å². The van der Waals surface area contributed by atoms with Crippen molar-refractivity contribution in [3.63, 3.8) is 0 Å². The summed E-state index contributed by atoms with van der Waals surface area (Å²) in [5.41, 5.74) is 1.56. The van der Waals surface area contributed by atoms with Gasteiger partial charge < -0.3 is 10.2 Å². The predicted octanol–water partition coefficient (Wildman–Crippen LogP) is 2.88. The summed E-state index contributed by atoms with van der Waals surface area (Å²) in [5.74, 6) is -1.47. The maximum absolute atomic E-state index is 13.6. The molecule has 3 N–H and O–H groups in total. The summed E-state index contributed by atoms with van der Waals surface area (Å²) in [4.78, 5) is 24.7. The van der Waals surface area contributed by atoms with Gasteiger partial charge in [-0.05, 0) is 43.7 Å². The van der Waals surface area contributed by atoms with Crippen LogP contribution in [0.5, 0.6) is 0 Å². The molecular formula is C16H21F2N3O3. The zero-order chi connectivity index (χ0) is 17.5. The van der Waals surface area contributed by atoms with Crippen molar-refractivity contribution in [1.82, 2.24) is 10.4 Å². The zero-order valence-electron chi connectivity index (χ0n) is 13.2. The summed E-state index contributed by atoms with van der Waals surface area (Å²) in [6.07, 6.45) is 3.43. The lowest BCUT2D eigenvalue weighted by Gasteiger charge is -2.32. The van der Waals surface area contributed by atoms with Crippen molar-refractivity contribution in [2.45, 2.75) is 32.1 Å². The third-order valence-electron chi connectivity index (χ3n) is 4.22. The molecule has 0 unspecified atom stereocenters. The summed E-state index contributed by atoms with van der Waals surface area (Å²) in [6.45, 7) is 1.09. The van der Waals surface area contributed by atoms with E-state index in [1.165, 1.54) is 6.07 Å². The number of nitrogens with one attached hydrogen (secondary N) is 2. The van der Waals surface area contributed by atoms with Crippen LogP contribution in [-0.2, 0) is 4.79 Å². The first-order chi connectivity index (χ1) is 11.5. The topological polar surface area (TPSA) is 81.7 Å². The monoisotopic (exact) mass is 341 g/mol. The SMILES string of the molecule is O=C(CCCC1CCN(C(=O)Nc2ccc(F)cc2F)CC1)NO. The Hall–Kier alpha value is -2.22. The number of hydroxylamine groups is 1. The fourth-order valence-electron chi connectivity index (χ4n) is 2.82. The number of urea groups is 1. The first kappa shape index (κ1) is 18.1. The van der Waals surface area contributed by atoms with Crippen molar-refractivity contribution in [3.05, 3.63) is 29.8 Å². The Bertz CT molecular complexity index is 590. The van der Waals surface area contributed by atoms with E-state index in [4.69, 9.17) is 5.21 Å². The van der Waals surface area contributed by atoms with Crippen LogP contribution in [0.15, 0.2) is 18.2 Å². The van der Waals surface area contributed by atoms with E-state index < -0.39 is 23.6 Å². The molecule has 1 aromatic rings. The molecule has 0 bridgehead atoms. The second kappa shape index (κ2) is 8.58. The van der Waals surface area contributed by atoms with Crippen LogP contribution in [0.25, 0.3) is 0 Å². The Morgan fingerprint density at radius 1 is 1.25 bits per heavy atom. The minimum absolute atomic E-state index is 0.0430. The van der Waals surface area contributed by atoms with Crippen molar-refractivity contribution in [3.8, 4) is 0 Å². The largest absolute Gasteiger partial charge is 0.325 e. The molecule has 132 valence electrons. The number of halogens is 2. The van der Waals surface area contributed by atoms with Gasteiger partial charge >= 0.3 is 6.03 Å². The van der Waals surface area contributed by atoms with Crippen LogP contribution < -0.4 is 10.8 Å². The summed E-state index contributed by atoms with van der Waals surface area (Å²) in [5, 5.41) is 10.9. The van der Waals surface area contributed by atoms with E-state index in [0.29, 0.717) is 25.4 Å². The average Bonchev–Trinajstić information content (AvgIpc) is 2.57. The van der Waals surface area contributed by atoms with E-state index in [-0.39, 0.29) is 12.1 Å². The summed E-state index contributed by atoms with van der Waals surface area (Å²) in [7, 11) is 0. The van der Waals surface area contributed by atoms with E-state index in [2.05, 4.69) is 5.32 Å². The first-order valence-corrected chi connectivity index (χ1v) is 7.93. The first-order valence-electron chi connectivity index (χ1n) is 7.93. The van der Waals surface area contributed by atoms with Crippen molar-refractivity contribution in [2.75, 3.05) is 18.4 Å². The Balaban J connectivity index is 1.75. The summed E-state index contributed by atoms with van der Waals surface area (Å²) in [6, 6.07) is 2.61. The van der Waals surface area contributed by atoms with E-state index in [1.807, 2.05) is 0 Å². The van der Waals surface area contributed by atoms with Crippen LogP contribution in [0.1, 0.15) is 32.1 Å². The van der Waals surface area contributed by atoms with Crippen molar-refractivity contribution in [1.29, 1.82) is 0 Å². The van der Waals surface area contributed by atoms with Gasteiger partial charge in [0.15, 0.2) is 0 Å². The molecule has 0 aliphatic carbocycles. The number of amides is 3. The fraction of sp³-hybridized carbons (Fsp3) is 0.500. The molecule has 1 aromatic carbocycles. The highest BCUT2D eigenvalue weighted by molar-refractivity contribution is 5.89. The number of carbonyl (C=O) groups excluding carboxylic acids is 2. The van der Waals surface area contributed by atoms with Crippen LogP contribution in [-0.4, -0.2) is 35.1 Å². The number of anilines is 1. The summed E-state index contributed by atoms with van der Waals surface area (Å²) < 4.78 is 26.4. The Morgan fingerprint density at radius 3 is 2.58 bits per heavy atom. The van der Waals surface area contributed by atoms with Gasteiger partial charge in [-0.25, -0.2) is 19.1 Å². The van der Waals surface area contributed by atoms with Crippen LogP contribution in [0.4, 0.5) is 19.3 Å². The van der Waals surface area contributed by atoms with Crippen molar-refractivity contribution >= 4 is 17.6 Å². The zero-order valence-corrected chi connectivity index (χ0v) is 13.2. The molecule has 0 atom stereocenters. The fourth-order valence-corrected chi connectivity index (χ4v) is 2.82. The molecule has 0 aromatic heterocycles. The Kier molecular flexibility index (Phi) is 6.48. The van der Waals surface area contributed by atoms with Gasteiger partial charge in [0.25, 0.3) is 0 Å². The highest BCUT2D eigenvalue weighted by Gasteiger charge is 2.23.